The first kappa shape index (κ1) is 15.3. The molecule has 1 aromatic rings. The molecular weight excluding hydrogens is 258 g/mol. The van der Waals surface area contributed by atoms with E-state index in [4.69, 9.17) is 0 Å². The van der Waals surface area contributed by atoms with Crippen molar-refractivity contribution in [2.24, 2.45) is 0 Å². The van der Waals surface area contributed by atoms with Crippen molar-refractivity contribution in [2.45, 2.75) is 38.8 Å². The Kier molecular flexibility index (Phi) is 3.81. The lowest BCUT2D eigenvalue weighted by Crippen LogP contribution is -2.51. The molecule has 0 radical (unpaired) electrons. The maximum atomic E-state index is 13.7. The zero-order valence-corrected chi connectivity index (χ0v) is 11.1. The van der Waals surface area contributed by atoms with Gasteiger partial charge in [0, 0.05) is 0 Å². The van der Waals surface area contributed by atoms with Gasteiger partial charge in [0.2, 0.25) is 0 Å². The number of hydrogen-bond acceptors (Lipinski definition) is 4. The minimum atomic E-state index is -1.26. The molecule has 0 unspecified atom stereocenters. The van der Waals surface area contributed by atoms with Gasteiger partial charge in [-0.3, -0.25) is 10.1 Å². The van der Waals surface area contributed by atoms with Crippen molar-refractivity contribution in [1.29, 1.82) is 0 Å². The molecule has 0 aliphatic heterocycles. The van der Waals surface area contributed by atoms with Crippen LogP contribution in [0.3, 0.4) is 0 Å². The van der Waals surface area contributed by atoms with E-state index in [-0.39, 0.29) is 0 Å². The molecule has 0 fully saturated rings. The summed E-state index contributed by atoms with van der Waals surface area (Å²) in [4.78, 5) is 9.60. The van der Waals surface area contributed by atoms with E-state index in [1.165, 1.54) is 13.8 Å². The van der Waals surface area contributed by atoms with Crippen LogP contribution < -0.4 is 5.32 Å². The fraction of sp³-hybridized carbons (Fsp3) is 0.500. The predicted octanol–water partition coefficient (Wildman–Crippen LogP) is 2.83. The topological polar surface area (TPSA) is 75.4 Å². The van der Waals surface area contributed by atoms with Gasteiger partial charge in [-0.05, 0) is 27.7 Å². The van der Waals surface area contributed by atoms with Crippen LogP contribution >= 0.6 is 0 Å². The van der Waals surface area contributed by atoms with Crippen LogP contribution in [0.5, 0.6) is 0 Å². The number of nitrogens with one attached hydrogen (secondary N) is 1. The number of anilines is 1. The molecule has 0 spiro atoms. The fourth-order valence-electron chi connectivity index (χ4n) is 1.25. The summed E-state index contributed by atoms with van der Waals surface area (Å²) in [6.07, 6.45) is 0. The van der Waals surface area contributed by atoms with Crippen LogP contribution in [0, 0.1) is 21.7 Å². The van der Waals surface area contributed by atoms with Crippen LogP contribution in [0.25, 0.3) is 0 Å². The molecule has 0 bridgehead atoms. The normalized spacial score (nSPS) is 12.4. The van der Waals surface area contributed by atoms with Crippen molar-refractivity contribution in [3.8, 4) is 0 Å². The Hall–Kier alpha value is -1.76. The summed E-state index contributed by atoms with van der Waals surface area (Å²) in [6, 6.07) is 1.26. The number of aliphatic hydroxyl groups is 1. The third-order valence-electron chi connectivity index (χ3n) is 3.20. The summed E-state index contributed by atoms with van der Waals surface area (Å²) in [5.74, 6) is -2.16. The van der Waals surface area contributed by atoms with Crippen molar-refractivity contribution >= 4 is 11.4 Å². The van der Waals surface area contributed by atoms with Crippen molar-refractivity contribution in [1.82, 2.24) is 0 Å². The number of benzene rings is 1. The SMILES string of the molecule is CC(C)(O)C(C)(C)Nc1c(F)cc([N+](=O)[O-])cc1F. The molecule has 0 aromatic heterocycles. The molecule has 19 heavy (non-hydrogen) atoms. The van der Waals surface area contributed by atoms with Crippen molar-refractivity contribution in [3.05, 3.63) is 33.9 Å². The Morgan fingerprint density at radius 1 is 1.21 bits per heavy atom. The van der Waals surface area contributed by atoms with Crippen molar-refractivity contribution in [3.63, 3.8) is 0 Å². The van der Waals surface area contributed by atoms with Gasteiger partial charge in [0.15, 0.2) is 11.6 Å². The summed E-state index contributed by atoms with van der Waals surface area (Å²) < 4.78 is 27.4. The molecule has 1 rings (SSSR count). The second-order valence-electron chi connectivity index (χ2n) is 5.35. The molecule has 0 saturated carbocycles. The van der Waals surface area contributed by atoms with E-state index in [1.54, 1.807) is 13.8 Å². The van der Waals surface area contributed by atoms with Gasteiger partial charge in [-0.15, -0.1) is 0 Å². The Morgan fingerprint density at radius 2 is 1.63 bits per heavy atom. The minimum Gasteiger partial charge on any atom is -0.388 e. The summed E-state index contributed by atoms with van der Waals surface area (Å²) in [6.45, 7) is 6.10. The lowest BCUT2D eigenvalue weighted by Gasteiger charge is -2.38. The number of nitrogens with zero attached hydrogens (tertiary/aromatic N) is 1. The van der Waals surface area contributed by atoms with Gasteiger partial charge in [0.25, 0.3) is 5.69 Å². The molecular formula is C12H16F2N2O3. The number of nitro benzene ring substituents is 1. The molecule has 0 atom stereocenters. The quantitative estimate of drug-likeness (QED) is 0.654. The maximum Gasteiger partial charge on any atom is 0.275 e. The molecule has 5 nitrogen and oxygen atoms in total. The van der Waals surface area contributed by atoms with E-state index < -0.39 is 39.1 Å². The lowest BCUT2D eigenvalue weighted by atomic mass is 9.85. The zero-order chi connectivity index (χ0) is 15.0. The van der Waals surface area contributed by atoms with Crippen LogP contribution in [0.2, 0.25) is 0 Å². The summed E-state index contributed by atoms with van der Waals surface area (Å²) in [7, 11) is 0. The lowest BCUT2D eigenvalue weighted by molar-refractivity contribution is -0.385. The minimum absolute atomic E-state index is 0.502. The standard InChI is InChI=1S/C12H16F2N2O3/c1-11(2,12(3,4)17)15-10-8(13)5-7(16(18)19)6-9(10)14/h5-6,15,17H,1-4H3. The first-order chi connectivity index (χ1) is 8.45. The highest BCUT2D eigenvalue weighted by Gasteiger charge is 2.36. The van der Waals surface area contributed by atoms with E-state index >= 15 is 0 Å². The van der Waals surface area contributed by atoms with E-state index in [9.17, 15) is 24.0 Å². The van der Waals surface area contributed by atoms with Crippen molar-refractivity contribution in [2.75, 3.05) is 5.32 Å². The Bertz CT molecular complexity index is 487. The molecule has 0 heterocycles. The summed E-state index contributed by atoms with van der Waals surface area (Å²) >= 11 is 0. The van der Waals surface area contributed by atoms with Crippen LogP contribution in [0.1, 0.15) is 27.7 Å². The van der Waals surface area contributed by atoms with Gasteiger partial charge in [-0.1, -0.05) is 0 Å². The summed E-state index contributed by atoms with van der Waals surface area (Å²) in [5.41, 5.74) is -3.46. The van der Waals surface area contributed by atoms with Crippen molar-refractivity contribution < 1.29 is 18.8 Å². The molecule has 0 aliphatic carbocycles. The number of halogens is 2. The smallest absolute Gasteiger partial charge is 0.275 e. The molecule has 106 valence electrons. The van der Waals surface area contributed by atoms with Gasteiger partial charge in [-0.2, -0.15) is 0 Å². The fourth-order valence-corrected chi connectivity index (χ4v) is 1.25. The maximum absolute atomic E-state index is 13.7. The van der Waals surface area contributed by atoms with Gasteiger partial charge in [-0.25, -0.2) is 8.78 Å². The predicted molar refractivity (Wildman–Crippen MR) is 67.0 cm³/mol. The van der Waals surface area contributed by atoms with Gasteiger partial charge in [0.05, 0.1) is 28.2 Å². The molecule has 0 amide bonds. The highest BCUT2D eigenvalue weighted by molar-refractivity contribution is 5.53. The number of nitro groups is 1. The average molecular weight is 274 g/mol. The molecule has 1 aromatic carbocycles. The average Bonchev–Trinajstić information content (AvgIpc) is 2.21. The third-order valence-corrected chi connectivity index (χ3v) is 3.20. The zero-order valence-electron chi connectivity index (χ0n) is 11.1. The van der Waals surface area contributed by atoms with E-state index in [1.807, 2.05) is 0 Å². The van der Waals surface area contributed by atoms with Gasteiger partial charge in [0.1, 0.15) is 5.69 Å². The Morgan fingerprint density at radius 3 is 1.95 bits per heavy atom. The largest absolute Gasteiger partial charge is 0.388 e. The van der Waals surface area contributed by atoms with Crippen LogP contribution in [0.15, 0.2) is 12.1 Å². The Labute approximate surface area is 109 Å². The van der Waals surface area contributed by atoms with Crippen LogP contribution in [0.4, 0.5) is 20.2 Å². The third kappa shape index (κ3) is 3.17. The second kappa shape index (κ2) is 4.73. The number of rotatable bonds is 4. The molecule has 0 saturated heterocycles. The number of non-ortho nitro benzene ring substituents is 1. The second-order valence-corrected chi connectivity index (χ2v) is 5.35. The van der Waals surface area contributed by atoms with Crippen LogP contribution in [-0.2, 0) is 0 Å². The molecule has 2 N–H and O–H groups in total. The molecule has 7 heteroatoms. The first-order valence-corrected chi connectivity index (χ1v) is 5.60. The summed E-state index contributed by atoms with van der Waals surface area (Å²) in [5, 5.41) is 22.9. The first-order valence-electron chi connectivity index (χ1n) is 5.60. The highest BCUT2D eigenvalue weighted by atomic mass is 19.1. The van der Waals surface area contributed by atoms with E-state index in [0.717, 1.165) is 0 Å². The van der Waals surface area contributed by atoms with E-state index in [0.29, 0.717) is 12.1 Å². The highest BCUT2D eigenvalue weighted by Crippen LogP contribution is 2.31. The van der Waals surface area contributed by atoms with Gasteiger partial charge >= 0.3 is 0 Å². The Balaban J connectivity index is 3.20. The monoisotopic (exact) mass is 274 g/mol. The van der Waals surface area contributed by atoms with Crippen LogP contribution in [-0.4, -0.2) is 21.2 Å². The van der Waals surface area contributed by atoms with Gasteiger partial charge < -0.3 is 10.4 Å². The number of hydrogen-bond donors (Lipinski definition) is 2. The van der Waals surface area contributed by atoms with E-state index in [2.05, 4.69) is 5.32 Å². The molecule has 0 aliphatic rings.